The molecule has 0 heterocycles. The van der Waals surface area contributed by atoms with E-state index in [1.54, 1.807) is 13.1 Å². The third kappa shape index (κ3) is 5.95. The van der Waals surface area contributed by atoms with Crippen LogP contribution in [0.1, 0.15) is 0 Å². The molecule has 0 atom stereocenters. The van der Waals surface area contributed by atoms with E-state index in [2.05, 4.69) is 10.3 Å². The minimum absolute atomic E-state index is 0.514. The van der Waals surface area contributed by atoms with Gasteiger partial charge in [-0.05, 0) is 6.08 Å². The van der Waals surface area contributed by atoms with Crippen LogP contribution in [0.25, 0.3) is 0 Å². The summed E-state index contributed by atoms with van der Waals surface area (Å²) in [6.07, 6.45) is 1.69. The maximum absolute atomic E-state index is 5.15. The van der Waals surface area contributed by atoms with Crippen LogP contribution in [0.3, 0.4) is 0 Å². The number of halogens is 1. The van der Waals surface area contributed by atoms with E-state index in [1.807, 2.05) is 0 Å². The molecule has 0 fully saturated rings. The van der Waals surface area contributed by atoms with Crippen molar-refractivity contribution in [2.75, 3.05) is 13.7 Å². The van der Waals surface area contributed by atoms with Crippen molar-refractivity contribution < 1.29 is 4.84 Å². The van der Waals surface area contributed by atoms with Crippen LogP contribution in [0.5, 0.6) is 0 Å². The number of hydroxylamine groups is 1. The minimum Gasteiger partial charge on any atom is -0.298 e. The quantitative estimate of drug-likeness (QED) is 0.442. The van der Waals surface area contributed by atoms with Crippen molar-refractivity contribution in [2.45, 2.75) is 0 Å². The van der Waals surface area contributed by atoms with Crippen molar-refractivity contribution in [1.29, 1.82) is 0 Å². The van der Waals surface area contributed by atoms with Crippen molar-refractivity contribution >= 4 is 11.6 Å². The van der Waals surface area contributed by atoms with Gasteiger partial charge in [-0.3, -0.25) is 4.84 Å². The van der Waals surface area contributed by atoms with E-state index >= 15 is 0 Å². The Labute approximate surface area is 48.1 Å². The van der Waals surface area contributed by atoms with E-state index in [9.17, 15) is 0 Å². The molecular formula is C4H8ClNO. The molecule has 0 rings (SSSR count). The molecule has 0 unspecified atom stereocenters. The summed E-state index contributed by atoms with van der Waals surface area (Å²) in [4.78, 5) is 4.65. The van der Waals surface area contributed by atoms with Gasteiger partial charge in [0, 0.05) is 12.6 Å². The second-order valence-electron chi connectivity index (χ2n) is 0.877. The smallest absolute Gasteiger partial charge is 0.0875 e. The van der Waals surface area contributed by atoms with Gasteiger partial charge >= 0.3 is 0 Å². The van der Waals surface area contributed by atoms with Crippen LogP contribution in [-0.2, 0) is 4.84 Å². The van der Waals surface area contributed by atoms with Gasteiger partial charge in [-0.2, -0.15) is 0 Å². The fraction of sp³-hybridized carbons (Fsp3) is 0.500. The maximum Gasteiger partial charge on any atom is 0.0875 e. The predicted molar refractivity (Wildman–Crippen MR) is 30.0 cm³/mol. The number of hydrogen-bond donors (Lipinski definition) is 1. The fourth-order valence-electron chi connectivity index (χ4n) is 0.168. The predicted octanol–water partition coefficient (Wildman–Crippen LogP) is 0.890. The number of rotatable bonds is 3. The maximum atomic E-state index is 5.15. The highest BCUT2D eigenvalue weighted by molar-refractivity contribution is 6.25. The van der Waals surface area contributed by atoms with Gasteiger partial charge < -0.3 is 0 Å². The highest BCUT2D eigenvalue weighted by Gasteiger charge is 1.69. The Hall–Kier alpha value is -0.0500. The van der Waals surface area contributed by atoms with Gasteiger partial charge in [-0.25, -0.2) is 5.48 Å². The first kappa shape index (κ1) is 6.95. The van der Waals surface area contributed by atoms with Crippen molar-refractivity contribution in [3.63, 3.8) is 0 Å². The fourth-order valence-corrected chi connectivity index (χ4v) is 0.241. The van der Waals surface area contributed by atoms with Crippen molar-refractivity contribution in [2.24, 2.45) is 0 Å². The lowest BCUT2D eigenvalue weighted by molar-refractivity contribution is 0.0812. The minimum atomic E-state index is 0.514. The van der Waals surface area contributed by atoms with Gasteiger partial charge in [0.1, 0.15) is 0 Å². The van der Waals surface area contributed by atoms with E-state index in [0.29, 0.717) is 6.61 Å². The van der Waals surface area contributed by atoms with Gasteiger partial charge in [-0.15, -0.1) is 0 Å². The lowest BCUT2D eigenvalue weighted by atomic mass is 10.7. The van der Waals surface area contributed by atoms with E-state index in [0.717, 1.165) is 0 Å². The molecule has 0 saturated heterocycles. The molecule has 0 aromatic carbocycles. The zero-order valence-electron chi connectivity index (χ0n) is 4.15. The summed E-state index contributed by atoms with van der Waals surface area (Å²) >= 11 is 5.15. The summed E-state index contributed by atoms with van der Waals surface area (Å²) in [7, 11) is 1.70. The van der Waals surface area contributed by atoms with Crippen LogP contribution in [0.2, 0.25) is 0 Å². The van der Waals surface area contributed by atoms with E-state index in [4.69, 9.17) is 11.6 Å². The molecule has 3 heteroatoms. The highest BCUT2D eigenvalue weighted by Crippen LogP contribution is 1.76. The molecule has 0 amide bonds. The first-order chi connectivity index (χ1) is 3.41. The van der Waals surface area contributed by atoms with Crippen LogP contribution in [0, 0.1) is 0 Å². The summed E-state index contributed by atoms with van der Waals surface area (Å²) in [5.41, 5.74) is 3.91. The molecule has 0 bridgehead atoms. The standard InChI is InChI=1S/C4H8ClNO/c1-6-7-4-2-3-5/h2-3,6H,4H2,1H3/b3-2+. The van der Waals surface area contributed by atoms with Crippen LogP contribution < -0.4 is 5.48 Å². The SMILES string of the molecule is CNOC/C=C/Cl. The van der Waals surface area contributed by atoms with Gasteiger partial charge in [-0.1, -0.05) is 11.6 Å². The molecule has 0 radical (unpaired) electrons. The zero-order valence-corrected chi connectivity index (χ0v) is 4.90. The summed E-state index contributed by atoms with van der Waals surface area (Å²) in [5, 5.41) is 0. The van der Waals surface area contributed by atoms with Crippen molar-refractivity contribution in [1.82, 2.24) is 5.48 Å². The van der Waals surface area contributed by atoms with E-state index in [-0.39, 0.29) is 0 Å². The number of nitrogens with one attached hydrogen (secondary N) is 1. The Bertz CT molecular complexity index is 55.7. The second kappa shape index (κ2) is 5.95. The molecule has 0 saturated carbocycles. The van der Waals surface area contributed by atoms with Gasteiger partial charge in [0.15, 0.2) is 0 Å². The molecule has 0 aliphatic carbocycles. The Balaban J connectivity index is 2.69. The molecular weight excluding hydrogens is 114 g/mol. The van der Waals surface area contributed by atoms with Crippen LogP contribution in [0.15, 0.2) is 11.6 Å². The lowest BCUT2D eigenvalue weighted by Crippen LogP contribution is -2.06. The summed E-state index contributed by atoms with van der Waals surface area (Å²) in [6, 6.07) is 0. The average Bonchev–Trinajstić information content (AvgIpc) is 1.69. The van der Waals surface area contributed by atoms with E-state index in [1.165, 1.54) is 5.54 Å². The zero-order chi connectivity index (χ0) is 5.54. The molecule has 0 aliphatic rings. The first-order valence-electron chi connectivity index (χ1n) is 1.95. The van der Waals surface area contributed by atoms with Crippen LogP contribution in [0.4, 0.5) is 0 Å². The van der Waals surface area contributed by atoms with Crippen LogP contribution in [-0.4, -0.2) is 13.7 Å². The summed E-state index contributed by atoms with van der Waals surface area (Å²) in [6.45, 7) is 0.514. The molecule has 2 nitrogen and oxygen atoms in total. The normalized spacial score (nSPS) is 10.6. The van der Waals surface area contributed by atoms with Gasteiger partial charge in [0.2, 0.25) is 0 Å². The average molecular weight is 122 g/mol. The van der Waals surface area contributed by atoms with Crippen LogP contribution >= 0.6 is 11.6 Å². The third-order valence-corrected chi connectivity index (χ3v) is 0.591. The molecule has 0 aromatic rings. The number of hydrogen-bond acceptors (Lipinski definition) is 2. The molecule has 0 aliphatic heterocycles. The molecule has 7 heavy (non-hydrogen) atoms. The monoisotopic (exact) mass is 121 g/mol. The Morgan fingerprint density at radius 3 is 3.00 bits per heavy atom. The van der Waals surface area contributed by atoms with Gasteiger partial charge in [0.25, 0.3) is 0 Å². The first-order valence-corrected chi connectivity index (χ1v) is 2.39. The molecule has 42 valence electrons. The molecule has 0 spiro atoms. The van der Waals surface area contributed by atoms with Gasteiger partial charge in [0.05, 0.1) is 6.61 Å². The largest absolute Gasteiger partial charge is 0.298 e. The third-order valence-electron chi connectivity index (χ3n) is 0.413. The molecule has 0 aromatic heterocycles. The molecule has 1 N–H and O–H groups in total. The Morgan fingerprint density at radius 2 is 2.57 bits per heavy atom. The van der Waals surface area contributed by atoms with E-state index < -0.39 is 0 Å². The lowest BCUT2D eigenvalue weighted by Gasteiger charge is -1.90. The Kier molecular flexibility index (Phi) is 5.91. The summed E-state index contributed by atoms with van der Waals surface area (Å²) in [5.74, 6) is 0. The second-order valence-corrected chi connectivity index (χ2v) is 1.13. The Morgan fingerprint density at radius 1 is 1.86 bits per heavy atom. The topological polar surface area (TPSA) is 21.3 Å². The summed E-state index contributed by atoms with van der Waals surface area (Å²) < 4.78 is 0. The van der Waals surface area contributed by atoms with Crippen molar-refractivity contribution in [3.8, 4) is 0 Å². The van der Waals surface area contributed by atoms with Crippen molar-refractivity contribution in [3.05, 3.63) is 11.6 Å². The highest BCUT2D eigenvalue weighted by atomic mass is 35.5.